The molecule has 6 nitrogen and oxygen atoms in total. The lowest BCUT2D eigenvalue weighted by atomic mass is 10.0. The zero-order valence-corrected chi connectivity index (χ0v) is 18.3. The summed E-state index contributed by atoms with van der Waals surface area (Å²) in [7, 11) is 4.21. The minimum absolute atomic E-state index is 0.0144. The molecule has 0 amide bonds. The van der Waals surface area contributed by atoms with Gasteiger partial charge in [-0.05, 0) is 75.2 Å². The molecule has 1 aliphatic rings. The van der Waals surface area contributed by atoms with Crippen molar-refractivity contribution in [3.05, 3.63) is 84.2 Å². The summed E-state index contributed by atoms with van der Waals surface area (Å²) < 4.78 is 2.30. The zero-order valence-electron chi connectivity index (χ0n) is 17.5. The highest BCUT2D eigenvalue weighted by Gasteiger charge is 2.40. The van der Waals surface area contributed by atoms with Crippen molar-refractivity contribution in [2.45, 2.75) is 25.0 Å². The summed E-state index contributed by atoms with van der Waals surface area (Å²) in [5.74, 6) is 0. The van der Waals surface area contributed by atoms with Gasteiger partial charge >= 0.3 is 0 Å². The minimum atomic E-state index is 0.0144. The van der Waals surface area contributed by atoms with Crippen molar-refractivity contribution in [1.82, 2.24) is 29.7 Å². The smallest absolute Gasteiger partial charge is 0.170 e. The van der Waals surface area contributed by atoms with Gasteiger partial charge in [-0.15, -0.1) is 0 Å². The Kier molecular flexibility index (Phi) is 6.40. The van der Waals surface area contributed by atoms with Gasteiger partial charge in [0.2, 0.25) is 0 Å². The van der Waals surface area contributed by atoms with E-state index < -0.39 is 0 Å². The van der Waals surface area contributed by atoms with Gasteiger partial charge in [0.05, 0.1) is 17.8 Å². The third-order valence-corrected chi connectivity index (χ3v) is 5.80. The molecule has 0 spiro atoms. The van der Waals surface area contributed by atoms with Gasteiger partial charge in [0, 0.05) is 43.6 Å². The Labute approximate surface area is 183 Å². The average molecular weight is 421 g/mol. The summed E-state index contributed by atoms with van der Waals surface area (Å²) in [4.78, 5) is 13.4. The van der Waals surface area contributed by atoms with E-state index in [1.165, 1.54) is 11.3 Å². The number of hydrogen-bond donors (Lipinski definition) is 1. The van der Waals surface area contributed by atoms with Gasteiger partial charge in [-0.2, -0.15) is 0 Å². The van der Waals surface area contributed by atoms with Gasteiger partial charge in [0.25, 0.3) is 0 Å². The summed E-state index contributed by atoms with van der Waals surface area (Å²) in [6.07, 6.45) is 8.76. The molecule has 0 aromatic carbocycles. The van der Waals surface area contributed by atoms with E-state index in [0.717, 1.165) is 36.9 Å². The first kappa shape index (κ1) is 20.5. The van der Waals surface area contributed by atoms with Gasteiger partial charge < -0.3 is 19.7 Å². The lowest BCUT2D eigenvalue weighted by Gasteiger charge is -2.29. The first-order chi connectivity index (χ1) is 14.6. The summed E-state index contributed by atoms with van der Waals surface area (Å²) in [5.41, 5.74) is 3.41. The maximum absolute atomic E-state index is 5.77. The van der Waals surface area contributed by atoms with Crippen LogP contribution >= 0.6 is 12.2 Å². The number of rotatable bonds is 8. The number of nitrogens with one attached hydrogen (secondary N) is 1. The van der Waals surface area contributed by atoms with Crippen LogP contribution in [0.15, 0.2) is 67.3 Å². The normalized spacial score (nSPS) is 18.8. The van der Waals surface area contributed by atoms with E-state index in [4.69, 9.17) is 12.2 Å². The van der Waals surface area contributed by atoms with Crippen LogP contribution in [-0.2, 0) is 6.54 Å². The molecule has 30 heavy (non-hydrogen) atoms. The molecule has 3 aromatic rings. The van der Waals surface area contributed by atoms with Crippen LogP contribution in [0.4, 0.5) is 0 Å². The molecule has 0 unspecified atom stereocenters. The van der Waals surface area contributed by atoms with E-state index in [-0.39, 0.29) is 12.1 Å². The predicted octanol–water partition coefficient (Wildman–Crippen LogP) is 3.25. The fourth-order valence-electron chi connectivity index (χ4n) is 4.05. The quantitative estimate of drug-likeness (QED) is 0.565. The van der Waals surface area contributed by atoms with Crippen LogP contribution in [0.2, 0.25) is 0 Å². The van der Waals surface area contributed by atoms with Gasteiger partial charge in [0.1, 0.15) is 0 Å². The van der Waals surface area contributed by atoms with E-state index in [9.17, 15) is 0 Å². The second-order valence-electron chi connectivity index (χ2n) is 7.90. The van der Waals surface area contributed by atoms with Crippen molar-refractivity contribution in [2.24, 2.45) is 0 Å². The number of thiocarbonyl (C=S) groups is 1. The first-order valence-corrected chi connectivity index (χ1v) is 10.7. The molecule has 4 rings (SSSR count). The maximum Gasteiger partial charge on any atom is 0.170 e. The van der Waals surface area contributed by atoms with Crippen molar-refractivity contribution < 1.29 is 0 Å². The highest BCUT2D eigenvalue weighted by Crippen LogP contribution is 2.38. The summed E-state index contributed by atoms with van der Waals surface area (Å²) in [6.45, 7) is 2.70. The van der Waals surface area contributed by atoms with Gasteiger partial charge in [-0.1, -0.05) is 12.1 Å². The second kappa shape index (κ2) is 9.36. The van der Waals surface area contributed by atoms with Crippen molar-refractivity contribution >= 4 is 17.3 Å². The molecule has 0 bridgehead atoms. The Balaban J connectivity index is 1.66. The molecule has 1 saturated heterocycles. The van der Waals surface area contributed by atoms with E-state index >= 15 is 0 Å². The molecule has 0 saturated carbocycles. The Morgan fingerprint density at radius 2 is 2.00 bits per heavy atom. The molecule has 2 atom stereocenters. The Bertz CT molecular complexity index is 956. The lowest BCUT2D eigenvalue weighted by molar-refractivity contribution is 0.283. The van der Waals surface area contributed by atoms with Crippen molar-refractivity contribution in [2.75, 3.05) is 27.2 Å². The lowest BCUT2D eigenvalue weighted by Crippen LogP contribution is -2.33. The molecule has 7 heteroatoms. The van der Waals surface area contributed by atoms with E-state index in [0.29, 0.717) is 0 Å². The number of hydrogen-bond acceptors (Lipinski definition) is 4. The monoisotopic (exact) mass is 420 g/mol. The van der Waals surface area contributed by atoms with Crippen molar-refractivity contribution in [3.8, 4) is 0 Å². The van der Waals surface area contributed by atoms with Crippen LogP contribution in [0.5, 0.6) is 0 Å². The van der Waals surface area contributed by atoms with Crippen LogP contribution in [0.25, 0.3) is 0 Å². The van der Waals surface area contributed by atoms with Crippen LogP contribution in [-0.4, -0.2) is 56.6 Å². The van der Waals surface area contributed by atoms with Crippen LogP contribution < -0.4 is 5.32 Å². The standard InChI is InChI=1S/C23H28N6S/c1-27(2)13-7-15-29-22(21(26-23(29)30)19-9-3-4-12-25-19)20-10-6-14-28(20)17-18-8-5-11-24-16-18/h3-6,8-12,14,16,21-22H,7,13,15,17H2,1-2H3,(H,26,30)/t21-,22+/m0/s1. The topological polar surface area (TPSA) is 49.2 Å². The Morgan fingerprint density at radius 3 is 2.73 bits per heavy atom. The maximum atomic E-state index is 5.77. The molecule has 0 radical (unpaired) electrons. The highest BCUT2D eigenvalue weighted by atomic mass is 32.1. The van der Waals surface area contributed by atoms with E-state index in [2.05, 4.69) is 74.2 Å². The van der Waals surface area contributed by atoms with Gasteiger partial charge in [-0.25, -0.2) is 0 Å². The van der Waals surface area contributed by atoms with Crippen molar-refractivity contribution in [1.29, 1.82) is 0 Å². The number of pyridine rings is 2. The first-order valence-electron chi connectivity index (χ1n) is 10.3. The molecule has 0 aliphatic carbocycles. The fourth-order valence-corrected chi connectivity index (χ4v) is 4.39. The average Bonchev–Trinajstić information content (AvgIpc) is 3.33. The summed E-state index contributed by atoms with van der Waals surface area (Å²) in [5, 5.41) is 4.34. The summed E-state index contributed by atoms with van der Waals surface area (Å²) >= 11 is 5.77. The van der Waals surface area contributed by atoms with Gasteiger partial charge in [0.15, 0.2) is 5.11 Å². The number of aromatic nitrogens is 3. The molecule has 4 heterocycles. The predicted molar refractivity (Wildman–Crippen MR) is 123 cm³/mol. The Hall–Kier alpha value is -2.77. The van der Waals surface area contributed by atoms with Crippen LogP contribution in [0.3, 0.4) is 0 Å². The largest absolute Gasteiger partial charge is 0.352 e. The highest BCUT2D eigenvalue weighted by molar-refractivity contribution is 7.80. The van der Waals surface area contributed by atoms with Crippen LogP contribution in [0.1, 0.15) is 35.5 Å². The number of nitrogens with zero attached hydrogens (tertiary/aromatic N) is 5. The zero-order chi connectivity index (χ0) is 20.9. The SMILES string of the molecule is CN(C)CCCN1C(=S)N[C@@H](c2ccccn2)[C@H]1c1cccn1Cc1cccnc1. The molecular weight excluding hydrogens is 392 g/mol. The summed E-state index contributed by atoms with van der Waals surface area (Å²) in [6, 6.07) is 14.6. The third-order valence-electron chi connectivity index (χ3n) is 5.45. The molecule has 1 aliphatic heterocycles. The Morgan fingerprint density at radius 1 is 1.10 bits per heavy atom. The molecular formula is C23H28N6S. The minimum Gasteiger partial charge on any atom is -0.352 e. The van der Waals surface area contributed by atoms with Gasteiger partial charge in [-0.3, -0.25) is 9.97 Å². The van der Waals surface area contributed by atoms with Crippen LogP contribution in [0, 0.1) is 0 Å². The molecule has 1 N–H and O–H groups in total. The van der Waals surface area contributed by atoms with Crippen molar-refractivity contribution in [3.63, 3.8) is 0 Å². The second-order valence-corrected chi connectivity index (χ2v) is 8.29. The molecule has 156 valence electrons. The molecule has 3 aromatic heterocycles. The van der Waals surface area contributed by atoms with E-state index in [1.54, 1.807) is 0 Å². The van der Waals surface area contributed by atoms with E-state index in [1.807, 2.05) is 36.8 Å². The third kappa shape index (κ3) is 4.52. The molecule has 1 fully saturated rings. The fraction of sp³-hybridized carbons (Fsp3) is 0.348.